The Hall–Kier alpha value is -2.77. The minimum Gasteiger partial charge on any atom is -0.341 e. The molecule has 31 heavy (non-hydrogen) atoms. The predicted octanol–water partition coefficient (Wildman–Crippen LogP) is 2.84. The largest absolute Gasteiger partial charge is 0.341 e. The fourth-order valence-corrected chi connectivity index (χ4v) is 4.29. The Balaban J connectivity index is 1.33. The topological polar surface area (TPSA) is 103 Å². The summed E-state index contributed by atoms with van der Waals surface area (Å²) in [6.07, 6.45) is 6.68. The van der Waals surface area contributed by atoms with Crippen LogP contribution in [0.5, 0.6) is 0 Å². The van der Waals surface area contributed by atoms with Gasteiger partial charge in [0.15, 0.2) is 0 Å². The molecule has 1 aromatic rings. The van der Waals surface area contributed by atoms with Crippen LogP contribution in [0.2, 0.25) is 0 Å². The van der Waals surface area contributed by atoms with Crippen LogP contribution in [0, 0.1) is 18.8 Å². The lowest BCUT2D eigenvalue weighted by Crippen LogP contribution is -2.49. The summed E-state index contributed by atoms with van der Waals surface area (Å²) in [7, 11) is 0. The molecule has 8 heteroatoms. The van der Waals surface area contributed by atoms with Crippen LogP contribution >= 0.6 is 0 Å². The van der Waals surface area contributed by atoms with Crippen molar-refractivity contribution in [2.75, 3.05) is 38.0 Å². The molecule has 1 heterocycles. The highest BCUT2D eigenvalue weighted by Gasteiger charge is 2.24. The maximum Gasteiger partial charge on any atom is 0.319 e. The van der Waals surface area contributed by atoms with Gasteiger partial charge in [-0.3, -0.25) is 4.79 Å². The summed E-state index contributed by atoms with van der Waals surface area (Å²) in [6, 6.07) is 7.11. The molecule has 1 aliphatic heterocycles. The van der Waals surface area contributed by atoms with Gasteiger partial charge in [-0.2, -0.15) is 0 Å². The number of rotatable bonds is 7. The lowest BCUT2D eigenvalue weighted by Gasteiger charge is -2.33. The van der Waals surface area contributed by atoms with Crippen molar-refractivity contribution in [3.05, 3.63) is 29.8 Å². The van der Waals surface area contributed by atoms with E-state index in [1.54, 1.807) is 4.90 Å². The monoisotopic (exact) mass is 429 g/mol. The van der Waals surface area contributed by atoms with Gasteiger partial charge in [0.05, 0.1) is 6.54 Å². The van der Waals surface area contributed by atoms with Gasteiger partial charge in [0.2, 0.25) is 5.91 Å². The normalized spacial score (nSPS) is 19.0. The molecule has 1 saturated heterocycles. The number of urea groups is 2. The number of amides is 5. The van der Waals surface area contributed by atoms with Crippen LogP contribution in [0.3, 0.4) is 0 Å². The van der Waals surface area contributed by atoms with Gasteiger partial charge in [-0.15, -0.1) is 0 Å². The van der Waals surface area contributed by atoms with E-state index in [9.17, 15) is 14.4 Å². The number of anilines is 1. The average molecular weight is 430 g/mol. The Morgan fingerprint density at radius 2 is 1.52 bits per heavy atom. The zero-order chi connectivity index (χ0) is 22.1. The molecule has 0 radical (unpaired) electrons. The minimum absolute atomic E-state index is 0.00452. The van der Waals surface area contributed by atoms with E-state index >= 15 is 0 Å². The molecule has 3 rings (SSSR count). The summed E-state index contributed by atoms with van der Waals surface area (Å²) in [6.45, 7) is 4.48. The summed E-state index contributed by atoms with van der Waals surface area (Å²) < 4.78 is 0. The number of likely N-dealkylation sites (tertiary alicyclic amines) is 1. The van der Waals surface area contributed by atoms with Gasteiger partial charge < -0.3 is 26.2 Å². The second kappa shape index (κ2) is 11.6. The molecule has 0 bridgehead atoms. The summed E-state index contributed by atoms with van der Waals surface area (Å²) in [5.74, 6) is 0.697. The van der Waals surface area contributed by atoms with Crippen molar-refractivity contribution in [2.45, 2.75) is 45.4 Å². The van der Waals surface area contributed by atoms with E-state index in [2.05, 4.69) is 21.3 Å². The predicted molar refractivity (Wildman–Crippen MR) is 121 cm³/mol. The lowest BCUT2D eigenvalue weighted by molar-refractivity contribution is -0.131. The van der Waals surface area contributed by atoms with Crippen molar-refractivity contribution >= 4 is 23.7 Å². The molecule has 4 N–H and O–H groups in total. The average Bonchev–Trinajstić information content (AvgIpc) is 3.30. The molecular weight excluding hydrogens is 394 g/mol. The van der Waals surface area contributed by atoms with Crippen LogP contribution < -0.4 is 21.3 Å². The summed E-state index contributed by atoms with van der Waals surface area (Å²) in [4.78, 5) is 38.4. The molecule has 1 aliphatic carbocycles. The van der Waals surface area contributed by atoms with Crippen molar-refractivity contribution < 1.29 is 14.4 Å². The standard InChI is InChI=1S/C23H35N5O3/c1-17-8-10-20(11-9-17)27-23(31)25-14-19-7-4-12-28(16-19)21(29)15-26-22(30)24-13-18-5-2-3-6-18/h8-11,18-19H,2-7,12-16H2,1H3,(H2,24,26,30)(H2,25,27,31). The van der Waals surface area contributed by atoms with Crippen molar-refractivity contribution in [2.24, 2.45) is 11.8 Å². The SMILES string of the molecule is Cc1ccc(NC(=O)NCC2CCCN(C(=O)CNC(=O)NCC3CCCC3)C2)cc1. The molecule has 0 aromatic heterocycles. The molecule has 5 amide bonds. The Bertz CT molecular complexity index is 746. The first-order valence-electron chi connectivity index (χ1n) is 11.4. The third-order valence-corrected chi connectivity index (χ3v) is 6.16. The van der Waals surface area contributed by atoms with Gasteiger partial charge in [-0.1, -0.05) is 30.5 Å². The smallest absolute Gasteiger partial charge is 0.319 e. The van der Waals surface area contributed by atoms with Crippen LogP contribution in [0.25, 0.3) is 0 Å². The van der Waals surface area contributed by atoms with Gasteiger partial charge >= 0.3 is 12.1 Å². The van der Waals surface area contributed by atoms with Crippen LogP contribution in [-0.2, 0) is 4.79 Å². The fourth-order valence-electron chi connectivity index (χ4n) is 4.29. The molecule has 0 spiro atoms. The number of nitrogens with zero attached hydrogens (tertiary/aromatic N) is 1. The van der Waals surface area contributed by atoms with Crippen LogP contribution in [-0.4, -0.2) is 55.6 Å². The van der Waals surface area contributed by atoms with Crippen LogP contribution in [0.4, 0.5) is 15.3 Å². The van der Waals surface area contributed by atoms with E-state index in [0.717, 1.165) is 24.1 Å². The molecule has 1 saturated carbocycles. The van der Waals surface area contributed by atoms with Gasteiger partial charge in [-0.25, -0.2) is 9.59 Å². The van der Waals surface area contributed by atoms with E-state index in [4.69, 9.17) is 0 Å². The highest BCUT2D eigenvalue weighted by Crippen LogP contribution is 2.23. The number of hydrogen-bond donors (Lipinski definition) is 4. The van der Waals surface area contributed by atoms with Crippen molar-refractivity contribution in [1.82, 2.24) is 20.9 Å². The zero-order valence-corrected chi connectivity index (χ0v) is 18.4. The van der Waals surface area contributed by atoms with Gasteiger partial charge in [0.25, 0.3) is 0 Å². The second-order valence-corrected chi connectivity index (χ2v) is 8.76. The first-order valence-corrected chi connectivity index (χ1v) is 11.4. The highest BCUT2D eigenvalue weighted by molar-refractivity contribution is 5.89. The van der Waals surface area contributed by atoms with E-state index in [1.165, 1.54) is 25.7 Å². The van der Waals surface area contributed by atoms with Crippen molar-refractivity contribution in [1.29, 1.82) is 0 Å². The van der Waals surface area contributed by atoms with E-state index < -0.39 is 0 Å². The maximum atomic E-state index is 12.5. The summed E-state index contributed by atoms with van der Waals surface area (Å²) in [5, 5.41) is 11.3. The zero-order valence-electron chi connectivity index (χ0n) is 18.4. The van der Waals surface area contributed by atoms with E-state index in [-0.39, 0.29) is 30.4 Å². The molecule has 1 unspecified atom stereocenters. The van der Waals surface area contributed by atoms with Gasteiger partial charge in [0.1, 0.15) is 0 Å². The number of benzene rings is 1. The molecule has 8 nitrogen and oxygen atoms in total. The van der Waals surface area contributed by atoms with Crippen LogP contribution in [0.1, 0.15) is 44.1 Å². The number of hydrogen-bond acceptors (Lipinski definition) is 3. The van der Waals surface area contributed by atoms with Crippen molar-refractivity contribution in [3.8, 4) is 0 Å². The third kappa shape index (κ3) is 7.77. The Morgan fingerprint density at radius 1 is 0.871 bits per heavy atom. The molecule has 170 valence electrons. The quantitative estimate of drug-likeness (QED) is 0.536. The number of aryl methyl sites for hydroxylation is 1. The number of carbonyl (C=O) groups excluding carboxylic acids is 3. The second-order valence-electron chi connectivity index (χ2n) is 8.76. The first kappa shape index (κ1) is 22.9. The number of nitrogens with one attached hydrogen (secondary N) is 4. The molecule has 2 aliphatic rings. The number of carbonyl (C=O) groups is 3. The molecule has 1 atom stereocenters. The van der Waals surface area contributed by atoms with Crippen molar-refractivity contribution in [3.63, 3.8) is 0 Å². The molecule has 2 fully saturated rings. The van der Waals surface area contributed by atoms with Gasteiger partial charge in [-0.05, 0) is 56.6 Å². The summed E-state index contributed by atoms with van der Waals surface area (Å²) in [5.41, 5.74) is 1.89. The maximum absolute atomic E-state index is 12.5. The fraction of sp³-hybridized carbons (Fsp3) is 0.609. The third-order valence-electron chi connectivity index (χ3n) is 6.16. The first-order chi connectivity index (χ1) is 15.0. The molecular formula is C23H35N5O3. The number of piperidine rings is 1. The Labute approximate surface area is 184 Å². The highest BCUT2D eigenvalue weighted by atomic mass is 16.2. The van der Waals surface area contributed by atoms with Crippen LogP contribution in [0.15, 0.2) is 24.3 Å². The molecule has 1 aromatic carbocycles. The lowest BCUT2D eigenvalue weighted by atomic mass is 9.98. The van der Waals surface area contributed by atoms with E-state index in [0.29, 0.717) is 32.1 Å². The summed E-state index contributed by atoms with van der Waals surface area (Å²) >= 11 is 0. The van der Waals surface area contributed by atoms with Gasteiger partial charge in [0, 0.05) is 31.9 Å². The minimum atomic E-state index is -0.275. The Kier molecular flexibility index (Phi) is 8.55. The Morgan fingerprint density at radius 3 is 2.26 bits per heavy atom. The van der Waals surface area contributed by atoms with E-state index in [1.807, 2.05) is 31.2 Å².